The van der Waals surface area contributed by atoms with Gasteiger partial charge in [-0.05, 0) is 31.1 Å². The molecule has 108 valence electrons. The van der Waals surface area contributed by atoms with Crippen LogP contribution in [0.5, 0.6) is 0 Å². The van der Waals surface area contributed by atoms with E-state index in [0.717, 1.165) is 13.1 Å². The Kier molecular flexibility index (Phi) is 4.46. The molecule has 0 aromatic carbocycles. The largest absolute Gasteiger partial charge is 0.392 e. The third-order valence-electron chi connectivity index (χ3n) is 4.38. The second kappa shape index (κ2) is 5.75. The van der Waals surface area contributed by atoms with E-state index in [1.165, 1.54) is 6.42 Å². The highest BCUT2D eigenvalue weighted by Crippen LogP contribution is 2.35. The highest BCUT2D eigenvalue weighted by atomic mass is 32.1. The molecule has 0 bridgehead atoms. The topological polar surface area (TPSA) is 55.6 Å². The second-order valence-electron chi connectivity index (χ2n) is 6.21. The van der Waals surface area contributed by atoms with Gasteiger partial charge < -0.3 is 15.4 Å². The first-order valence-corrected chi connectivity index (χ1v) is 7.53. The predicted octanol–water partition coefficient (Wildman–Crippen LogP) is 1.57. The lowest BCUT2D eigenvalue weighted by atomic mass is 9.77. The summed E-state index contributed by atoms with van der Waals surface area (Å²) < 4.78 is 5.37. The van der Waals surface area contributed by atoms with Crippen molar-refractivity contribution in [3.63, 3.8) is 0 Å². The van der Waals surface area contributed by atoms with Crippen molar-refractivity contribution in [3.05, 3.63) is 0 Å². The molecule has 0 spiro atoms. The van der Waals surface area contributed by atoms with E-state index in [-0.39, 0.29) is 5.91 Å². The lowest BCUT2D eigenvalue weighted by Gasteiger charge is -2.42. The maximum absolute atomic E-state index is 12.9. The zero-order chi connectivity index (χ0) is 14.0. The zero-order valence-electron chi connectivity index (χ0n) is 11.9. The van der Waals surface area contributed by atoms with Crippen molar-refractivity contribution in [3.8, 4) is 0 Å². The molecular weight excluding hydrogens is 260 g/mol. The molecule has 2 atom stereocenters. The van der Waals surface area contributed by atoms with E-state index in [1.54, 1.807) is 0 Å². The Balaban J connectivity index is 2.17. The number of nitrogens with zero attached hydrogens (tertiary/aromatic N) is 1. The number of hydrogen-bond donors (Lipinski definition) is 1. The van der Waals surface area contributed by atoms with Crippen molar-refractivity contribution in [1.29, 1.82) is 0 Å². The number of amides is 1. The number of ether oxygens (including phenoxy) is 1. The van der Waals surface area contributed by atoms with E-state index >= 15 is 0 Å². The van der Waals surface area contributed by atoms with Crippen LogP contribution in [0.1, 0.15) is 33.1 Å². The van der Waals surface area contributed by atoms with E-state index in [4.69, 9.17) is 22.7 Å². The molecule has 2 rings (SSSR count). The highest BCUT2D eigenvalue weighted by Gasteiger charge is 2.46. The number of likely N-dealkylation sites (tertiary alicyclic amines) is 1. The Bertz CT molecular complexity index is 356. The fourth-order valence-electron chi connectivity index (χ4n) is 3.42. The monoisotopic (exact) mass is 284 g/mol. The SMILES string of the molecule is CC1CC(C)CN(C(=O)C2(C(N)=S)CCOCC2)C1. The van der Waals surface area contributed by atoms with Gasteiger partial charge in [0.05, 0.1) is 4.99 Å². The van der Waals surface area contributed by atoms with Crippen LogP contribution in [0, 0.1) is 17.3 Å². The van der Waals surface area contributed by atoms with Crippen LogP contribution in [-0.4, -0.2) is 42.1 Å². The van der Waals surface area contributed by atoms with Gasteiger partial charge in [-0.15, -0.1) is 0 Å². The van der Waals surface area contributed by atoms with E-state index in [2.05, 4.69) is 13.8 Å². The van der Waals surface area contributed by atoms with Crippen LogP contribution in [-0.2, 0) is 9.53 Å². The van der Waals surface area contributed by atoms with Crippen LogP contribution in [0.25, 0.3) is 0 Å². The lowest BCUT2D eigenvalue weighted by Crippen LogP contribution is -2.56. The van der Waals surface area contributed by atoms with Crippen molar-refractivity contribution in [2.75, 3.05) is 26.3 Å². The Hall–Kier alpha value is -0.680. The van der Waals surface area contributed by atoms with E-state index in [0.29, 0.717) is 42.9 Å². The molecule has 0 aromatic rings. The summed E-state index contributed by atoms with van der Waals surface area (Å²) in [6, 6.07) is 0. The van der Waals surface area contributed by atoms with E-state index in [9.17, 15) is 4.79 Å². The van der Waals surface area contributed by atoms with Gasteiger partial charge in [-0.2, -0.15) is 0 Å². The van der Waals surface area contributed by atoms with Crippen LogP contribution in [0.3, 0.4) is 0 Å². The summed E-state index contributed by atoms with van der Waals surface area (Å²) in [5.41, 5.74) is 5.25. The summed E-state index contributed by atoms with van der Waals surface area (Å²) in [4.78, 5) is 15.2. The predicted molar refractivity (Wildman–Crippen MR) is 78.8 cm³/mol. The minimum atomic E-state index is -0.662. The number of hydrogen-bond acceptors (Lipinski definition) is 3. The first-order chi connectivity index (χ1) is 8.95. The van der Waals surface area contributed by atoms with E-state index < -0.39 is 5.41 Å². The molecule has 2 aliphatic rings. The van der Waals surface area contributed by atoms with Crippen molar-refractivity contribution < 1.29 is 9.53 Å². The number of thiocarbonyl (C=S) groups is 1. The summed E-state index contributed by atoms with van der Waals surface area (Å²) in [6.45, 7) is 7.20. The minimum Gasteiger partial charge on any atom is -0.392 e. The minimum absolute atomic E-state index is 0.127. The molecule has 2 heterocycles. The van der Waals surface area contributed by atoms with Crippen LogP contribution < -0.4 is 5.73 Å². The normalized spacial score (nSPS) is 30.9. The third kappa shape index (κ3) is 2.92. The van der Waals surface area contributed by atoms with Gasteiger partial charge >= 0.3 is 0 Å². The molecule has 0 radical (unpaired) electrons. The molecule has 2 N–H and O–H groups in total. The Morgan fingerprint density at radius 2 is 1.79 bits per heavy atom. The van der Waals surface area contributed by atoms with Crippen molar-refractivity contribution >= 4 is 23.1 Å². The van der Waals surface area contributed by atoms with Gasteiger partial charge in [0.1, 0.15) is 5.41 Å². The summed E-state index contributed by atoms with van der Waals surface area (Å²) in [7, 11) is 0. The molecule has 0 saturated carbocycles. The number of nitrogens with two attached hydrogens (primary N) is 1. The molecule has 4 nitrogen and oxygen atoms in total. The average molecular weight is 284 g/mol. The Labute approximate surface area is 120 Å². The molecule has 19 heavy (non-hydrogen) atoms. The van der Waals surface area contributed by atoms with E-state index in [1.807, 2.05) is 4.90 Å². The van der Waals surface area contributed by atoms with Gasteiger partial charge in [0, 0.05) is 26.3 Å². The standard InChI is InChI=1S/C14H24N2O2S/c1-10-7-11(2)9-16(8-10)13(17)14(12(15)19)3-5-18-6-4-14/h10-11H,3-9H2,1-2H3,(H2,15,19). The van der Waals surface area contributed by atoms with Gasteiger partial charge in [-0.25, -0.2) is 0 Å². The van der Waals surface area contributed by atoms with Crippen LogP contribution in [0.15, 0.2) is 0 Å². The smallest absolute Gasteiger partial charge is 0.235 e. The Morgan fingerprint density at radius 1 is 1.26 bits per heavy atom. The van der Waals surface area contributed by atoms with Gasteiger partial charge in [-0.1, -0.05) is 26.1 Å². The molecule has 5 heteroatoms. The van der Waals surface area contributed by atoms with Gasteiger partial charge in [0.2, 0.25) is 5.91 Å². The molecule has 0 aliphatic carbocycles. The Morgan fingerprint density at radius 3 is 2.26 bits per heavy atom. The maximum atomic E-state index is 12.9. The maximum Gasteiger partial charge on any atom is 0.235 e. The quantitative estimate of drug-likeness (QED) is 0.782. The van der Waals surface area contributed by atoms with Gasteiger partial charge in [0.25, 0.3) is 0 Å². The molecule has 2 unspecified atom stereocenters. The van der Waals surface area contributed by atoms with Gasteiger partial charge in [0.15, 0.2) is 0 Å². The first kappa shape index (κ1) is 14.7. The van der Waals surface area contributed by atoms with Crippen molar-refractivity contribution in [2.24, 2.45) is 23.0 Å². The third-order valence-corrected chi connectivity index (χ3v) is 4.77. The van der Waals surface area contributed by atoms with Crippen LogP contribution >= 0.6 is 12.2 Å². The number of carbonyl (C=O) groups excluding carboxylic acids is 1. The zero-order valence-corrected chi connectivity index (χ0v) is 12.7. The molecule has 2 fully saturated rings. The molecule has 0 aromatic heterocycles. The van der Waals surface area contributed by atoms with Crippen LogP contribution in [0.2, 0.25) is 0 Å². The first-order valence-electron chi connectivity index (χ1n) is 7.13. The van der Waals surface area contributed by atoms with Gasteiger partial charge in [-0.3, -0.25) is 4.79 Å². The van der Waals surface area contributed by atoms with Crippen molar-refractivity contribution in [2.45, 2.75) is 33.1 Å². The van der Waals surface area contributed by atoms with Crippen molar-refractivity contribution in [1.82, 2.24) is 4.90 Å². The molecule has 2 aliphatic heterocycles. The lowest BCUT2D eigenvalue weighted by molar-refractivity contribution is -0.145. The fourth-order valence-corrected chi connectivity index (χ4v) is 3.71. The fraction of sp³-hybridized carbons (Fsp3) is 0.857. The highest BCUT2D eigenvalue weighted by molar-refractivity contribution is 7.80. The summed E-state index contributed by atoms with van der Waals surface area (Å²) in [6.07, 6.45) is 2.44. The molecular formula is C14H24N2O2S. The molecule has 1 amide bonds. The summed E-state index contributed by atoms with van der Waals surface area (Å²) in [5, 5.41) is 0. The average Bonchev–Trinajstić information content (AvgIpc) is 2.37. The summed E-state index contributed by atoms with van der Waals surface area (Å²) >= 11 is 5.21. The number of piperidine rings is 1. The molecule has 2 saturated heterocycles. The second-order valence-corrected chi connectivity index (χ2v) is 6.65. The number of carbonyl (C=O) groups is 1. The van der Waals surface area contributed by atoms with Crippen LogP contribution in [0.4, 0.5) is 0 Å². The summed E-state index contributed by atoms with van der Waals surface area (Å²) in [5.74, 6) is 1.23. The number of rotatable bonds is 2.